The summed E-state index contributed by atoms with van der Waals surface area (Å²) >= 11 is 0. The van der Waals surface area contributed by atoms with Gasteiger partial charge in [0.2, 0.25) is 0 Å². The molecule has 3 aromatic carbocycles. The van der Waals surface area contributed by atoms with E-state index in [1.165, 1.54) is 0 Å². The number of nitrogens with one attached hydrogen (secondary N) is 2. The molecule has 2 amide bonds. The Labute approximate surface area is 263 Å². The largest absolute Gasteiger partial charge is 0.378 e. The lowest BCUT2D eigenvalue weighted by Crippen LogP contribution is -2.40. The number of nitrogens with zero attached hydrogens (tertiary/aromatic N) is 3. The number of rotatable bonds is 7. The van der Waals surface area contributed by atoms with Gasteiger partial charge in [-0.2, -0.15) is 0 Å². The van der Waals surface area contributed by atoms with Crippen LogP contribution in [0.1, 0.15) is 71.5 Å². The van der Waals surface area contributed by atoms with Crippen LogP contribution < -0.4 is 16.2 Å². The van der Waals surface area contributed by atoms with Gasteiger partial charge in [0.25, 0.3) is 17.4 Å². The number of carbonyl (C=O) groups excluding carboxylic acids is 2. The van der Waals surface area contributed by atoms with Crippen LogP contribution >= 0.6 is 0 Å². The Balaban J connectivity index is 1.25. The first-order valence-corrected chi connectivity index (χ1v) is 15.5. The van der Waals surface area contributed by atoms with Crippen molar-refractivity contribution in [3.63, 3.8) is 0 Å². The third-order valence-electron chi connectivity index (χ3n) is 8.43. The zero-order valence-corrected chi connectivity index (χ0v) is 26.2. The van der Waals surface area contributed by atoms with E-state index in [-0.39, 0.29) is 34.6 Å². The second-order valence-corrected chi connectivity index (χ2v) is 12.8. The summed E-state index contributed by atoms with van der Waals surface area (Å²) in [5, 5.41) is 6.25. The highest BCUT2D eigenvalue weighted by molar-refractivity contribution is 6.05. The average molecular weight is 606 g/mol. The molecule has 1 aliphatic carbocycles. The van der Waals surface area contributed by atoms with Crippen LogP contribution in [0.4, 0.5) is 17.2 Å². The molecule has 45 heavy (non-hydrogen) atoms. The van der Waals surface area contributed by atoms with E-state index in [4.69, 9.17) is 9.72 Å². The third kappa shape index (κ3) is 6.68. The minimum absolute atomic E-state index is 0.00311. The predicted octanol–water partition coefficient (Wildman–Crippen LogP) is 6.32. The van der Waals surface area contributed by atoms with Crippen molar-refractivity contribution in [2.75, 3.05) is 36.9 Å². The number of morpholine rings is 1. The molecule has 1 aromatic heterocycles. The summed E-state index contributed by atoms with van der Waals surface area (Å²) in [6.45, 7) is 10.6. The zero-order chi connectivity index (χ0) is 31.7. The molecule has 232 valence electrons. The molecule has 0 atom stereocenters. The maximum atomic E-state index is 13.5. The van der Waals surface area contributed by atoms with Gasteiger partial charge in [0.05, 0.1) is 18.9 Å². The smallest absolute Gasteiger partial charge is 0.293 e. The number of aromatic nitrogens is 2. The Bertz CT molecular complexity index is 1780. The van der Waals surface area contributed by atoms with E-state index < -0.39 is 0 Å². The standard InChI is InChI=1S/C36H39N5O4/c1-23-29(6-5-7-30(23)39-33(42)24-8-12-26(13-9-24)36(2,3)4)31-22-41(28-16-17-28)35(44)32(38-31)37-27-14-10-25(11-15-27)34(43)40-18-20-45-21-19-40/h5-15,22,28H,16-21H2,1-4H3,(H,37,38)(H,39,42). The molecule has 4 aromatic rings. The fourth-order valence-corrected chi connectivity index (χ4v) is 5.49. The van der Waals surface area contributed by atoms with E-state index in [2.05, 4.69) is 31.4 Å². The van der Waals surface area contributed by atoms with Crippen molar-refractivity contribution >= 4 is 29.0 Å². The summed E-state index contributed by atoms with van der Waals surface area (Å²) < 4.78 is 7.11. The molecule has 0 radical (unpaired) electrons. The SMILES string of the molecule is Cc1c(NC(=O)c2ccc(C(C)(C)C)cc2)cccc1-c1cn(C2CC2)c(=O)c(Nc2ccc(C(=O)N3CCOCC3)cc2)n1. The van der Waals surface area contributed by atoms with E-state index in [0.717, 1.165) is 29.5 Å². The topological polar surface area (TPSA) is 106 Å². The van der Waals surface area contributed by atoms with Crippen molar-refractivity contribution in [3.05, 3.63) is 106 Å². The maximum absolute atomic E-state index is 13.5. The van der Waals surface area contributed by atoms with Gasteiger partial charge in [-0.1, -0.05) is 45.0 Å². The lowest BCUT2D eigenvalue weighted by atomic mass is 9.86. The second kappa shape index (κ2) is 12.3. The van der Waals surface area contributed by atoms with Gasteiger partial charge < -0.3 is 24.8 Å². The first kappa shape index (κ1) is 30.3. The Hall–Kier alpha value is -4.76. The van der Waals surface area contributed by atoms with Crippen molar-refractivity contribution in [1.82, 2.24) is 14.5 Å². The highest BCUT2D eigenvalue weighted by atomic mass is 16.5. The quantitative estimate of drug-likeness (QED) is 0.256. The summed E-state index contributed by atoms with van der Waals surface area (Å²) in [5.74, 6) is -0.0191. The van der Waals surface area contributed by atoms with Gasteiger partial charge >= 0.3 is 0 Å². The number of anilines is 3. The first-order chi connectivity index (χ1) is 21.6. The van der Waals surface area contributed by atoms with E-state index in [1.54, 1.807) is 33.7 Å². The van der Waals surface area contributed by atoms with Crippen LogP contribution in [0, 0.1) is 6.92 Å². The van der Waals surface area contributed by atoms with Crippen LogP contribution in [0.2, 0.25) is 0 Å². The van der Waals surface area contributed by atoms with Gasteiger partial charge in [0.15, 0.2) is 5.82 Å². The van der Waals surface area contributed by atoms with Crippen LogP contribution in [0.5, 0.6) is 0 Å². The number of ether oxygens (including phenoxy) is 1. The summed E-state index contributed by atoms with van der Waals surface area (Å²) in [7, 11) is 0. The average Bonchev–Trinajstić information content (AvgIpc) is 3.89. The molecule has 9 heteroatoms. The van der Waals surface area contributed by atoms with Crippen LogP contribution in [-0.4, -0.2) is 52.6 Å². The second-order valence-electron chi connectivity index (χ2n) is 12.8. The molecule has 1 saturated heterocycles. The Morgan fingerprint density at radius 3 is 2.22 bits per heavy atom. The molecular formula is C36H39N5O4. The normalized spacial score (nSPS) is 15.1. The number of amides is 2. The van der Waals surface area contributed by atoms with Crippen molar-refractivity contribution < 1.29 is 14.3 Å². The van der Waals surface area contributed by atoms with Crippen molar-refractivity contribution in [3.8, 4) is 11.3 Å². The van der Waals surface area contributed by atoms with Crippen LogP contribution in [0.25, 0.3) is 11.3 Å². The van der Waals surface area contributed by atoms with Crippen molar-refractivity contribution in [1.29, 1.82) is 0 Å². The fourth-order valence-electron chi connectivity index (χ4n) is 5.49. The molecule has 6 rings (SSSR count). The molecule has 1 saturated carbocycles. The highest BCUT2D eigenvalue weighted by Gasteiger charge is 2.27. The molecule has 2 N–H and O–H groups in total. The molecule has 0 unspecified atom stereocenters. The summed E-state index contributed by atoms with van der Waals surface area (Å²) in [4.78, 5) is 46.1. The Kier molecular flexibility index (Phi) is 8.29. The molecule has 1 aliphatic heterocycles. The number of benzene rings is 3. The van der Waals surface area contributed by atoms with Crippen molar-refractivity contribution in [2.24, 2.45) is 0 Å². The Morgan fingerprint density at radius 2 is 1.58 bits per heavy atom. The minimum atomic E-state index is -0.199. The van der Waals surface area contributed by atoms with E-state index in [9.17, 15) is 14.4 Å². The van der Waals surface area contributed by atoms with Crippen LogP contribution in [0.15, 0.2) is 77.7 Å². The molecule has 2 aliphatic rings. The number of hydrogen-bond acceptors (Lipinski definition) is 6. The Morgan fingerprint density at radius 1 is 0.911 bits per heavy atom. The molecule has 0 spiro atoms. The fraction of sp³-hybridized carbons (Fsp3) is 0.333. The lowest BCUT2D eigenvalue weighted by molar-refractivity contribution is 0.0303. The number of hydrogen-bond donors (Lipinski definition) is 2. The van der Waals surface area contributed by atoms with E-state index in [1.807, 2.05) is 55.6 Å². The van der Waals surface area contributed by atoms with Gasteiger partial charge in [-0.15, -0.1) is 0 Å². The number of carbonyl (C=O) groups is 2. The van der Waals surface area contributed by atoms with Gasteiger partial charge in [-0.05, 0) is 78.8 Å². The third-order valence-corrected chi connectivity index (χ3v) is 8.43. The molecule has 0 bridgehead atoms. The molecule has 2 fully saturated rings. The van der Waals surface area contributed by atoms with Crippen LogP contribution in [-0.2, 0) is 10.2 Å². The van der Waals surface area contributed by atoms with Gasteiger partial charge in [0.1, 0.15) is 0 Å². The summed E-state index contributed by atoms with van der Waals surface area (Å²) in [5.41, 5.74) is 5.77. The first-order valence-electron chi connectivity index (χ1n) is 15.5. The van der Waals surface area contributed by atoms with Gasteiger partial charge in [-0.3, -0.25) is 14.4 Å². The summed E-state index contributed by atoms with van der Waals surface area (Å²) in [6, 6.07) is 20.6. The van der Waals surface area contributed by atoms with E-state index in [0.29, 0.717) is 54.5 Å². The summed E-state index contributed by atoms with van der Waals surface area (Å²) in [6.07, 6.45) is 3.68. The lowest BCUT2D eigenvalue weighted by Gasteiger charge is -2.26. The zero-order valence-electron chi connectivity index (χ0n) is 26.2. The minimum Gasteiger partial charge on any atom is -0.378 e. The predicted molar refractivity (Wildman–Crippen MR) is 176 cm³/mol. The highest BCUT2D eigenvalue weighted by Crippen LogP contribution is 2.36. The monoisotopic (exact) mass is 605 g/mol. The van der Waals surface area contributed by atoms with Gasteiger partial charge in [-0.25, -0.2) is 4.98 Å². The molecule has 9 nitrogen and oxygen atoms in total. The maximum Gasteiger partial charge on any atom is 0.293 e. The van der Waals surface area contributed by atoms with Crippen LogP contribution in [0.3, 0.4) is 0 Å². The molecule has 2 heterocycles. The van der Waals surface area contributed by atoms with E-state index >= 15 is 0 Å². The molecular weight excluding hydrogens is 566 g/mol. The van der Waals surface area contributed by atoms with Crippen molar-refractivity contribution in [2.45, 2.75) is 52.0 Å². The van der Waals surface area contributed by atoms with Gasteiger partial charge in [0, 0.05) is 53.4 Å².